The number of benzene rings is 1. The highest BCUT2D eigenvalue weighted by Crippen LogP contribution is 2.27. The summed E-state index contributed by atoms with van der Waals surface area (Å²) in [6.07, 6.45) is 0.211. The highest BCUT2D eigenvalue weighted by molar-refractivity contribution is 7.11. The molecule has 0 aliphatic carbocycles. The van der Waals surface area contributed by atoms with E-state index in [-0.39, 0.29) is 0 Å². The van der Waals surface area contributed by atoms with Gasteiger partial charge in [0.05, 0.1) is 21.7 Å². The van der Waals surface area contributed by atoms with Crippen LogP contribution in [0.5, 0.6) is 0 Å². The fraction of sp³-hybridized carbons (Fsp3) is 0.400. The second-order valence-electron chi connectivity index (χ2n) is 4.90. The van der Waals surface area contributed by atoms with Crippen molar-refractivity contribution in [3.05, 3.63) is 50.5 Å². The van der Waals surface area contributed by atoms with Crippen LogP contribution in [0.25, 0.3) is 0 Å². The summed E-state index contributed by atoms with van der Waals surface area (Å²) in [5.74, 6) is 0. The molecule has 1 unspecified atom stereocenters. The summed E-state index contributed by atoms with van der Waals surface area (Å²) in [5, 5.41) is 11.3. The molecule has 1 aromatic carbocycles. The maximum atomic E-state index is 10.3. The molecule has 96 valence electrons. The molecule has 3 heteroatoms. The van der Waals surface area contributed by atoms with Crippen LogP contribution in [0.3, 0.4) is 0 Å². The number of aryl methyl sites for hydroxylation is 4. The zero-order valence-electron chi connectivity index (χ0n) is 11.3. The molecule has 0 spiro atoms. The Balaban J connectivity index is 2.20. The van der Waals surface area contributed by atoms with Gasteiger partial charge in [-0.1, -0.05) is 29.3 Å². The van der Waals surface area contributed by atoms with E-state index in [1.165, 1.54) is 16.7 Å². The number of aliphatic hydroxyl groups excluding tert-OH is 1. The van der Waals surface area contributed by atoms with Gasteiger partial charge in [0, 0.05) is 6.42 Å². The first-order valence-electron chi connectivity index (χ1n) is 6.15. The fourth-order valence-corrected chi connectivity index (χ4v) is 3.27. The summed E-state index contributed by atoms with van der Waals surface area (Å²) in [5.41, 5.74) is 4.63. The first kappa shape index (κ1) is 13.2. The standard InChI is InChI=1S/C15H19NOS/c1-9-5-10(2)7-13(6-9)8-14(17)15-11(3)16-12(4)18-15/h5-7,14,17H,8H2,1-4H3. The summed E-state index contributed by atoms with van der Waals surface area (Å²) in [6.45, 7) is 8.12. The minimum absolute atomic E-state index is 0.447. The van der Waals surface area contributed by atoms with Gasteiger partial charge in [-0.3, -0.25) is 0 Å². The van der Waals surface area contributed by atoms with Crippen LogP contribution in [-0.2, 0) is 6.42 Å². The van der Waals surface area contributed by atoms with E-state index in [1.54, 1.807) is 11.3 Å². The van der Waals surface area contributed by atoms with E-state index in [4.69, 9.17) is 0 Å². The quantitative estimate of drug-likeness (QED) is 0.914. The molecule has 0 aliphatic rings. The number of thiazole rings is 1. The molecule has 1 atom stereocenters. The average Bonchev–Trinajstić information content (AvgIpc) is 2.56. The van der Waals surface area contributed by atoms with Gasteiger partial charge in [-0.15, -0.1) is 11.3 Å². The number of nitrogens with zero attached hydrogens (tertiary/aromatic N) is 1. The SMILES string of the molecule is Cc1cc(C)cc(CC(O)c2sc(C)nc2C)c1. The largest absolute Gasteiger partial charge is 0.387 e. The van der Waals surface area contributed by atoms with Gasteiger partial charge in [0.1, 0.15) is 0 Å². The molecule has 2 nitrogen and oxygen atoms in total. The molecule has 0 amide bonds. The topological polar surface area (TPSA) is 33.1 Å². The van der Waals surface area contributed by atoms with Crippen molar-refractivity contribution in [2.45, 2.75) is 40.2 Å². The van der Waals surface area contributed by atoms with Crippen molar-refractivity contribution in [2.75, 3.05) is 0 Å². The van der Waals surface area contributed by atoms with Crippen LogP contribution >= 0.6 is 11.3 Å². The number of hydrogen-bond donors (Lipinski definition) is 1. The van der Waals surface area contributed by atoms with Crippen LogP contribution in [0.15, 0.2) is 18.2 Å². The van der Waals surface area contributed by atoms with Gasteiger partial charge < -0.3 is 5.11 Å². The Morgan fingerprint density at radius 2 is 1.72 bits per heavy atom. The average molecular weight is 261 g/mol. The second kappa shape index (κ2) is 5.21. The number of rotatable bonds is 3. The highest BCUT2D eigenvalue weighted by atomic mass is 32.1. The highest BCUT2D eigenvalue weighted by Gasteiger charge is 2.15. The normalized spacial score (nSPS) is 12.7. The Morgan fingerprint density at radius 1 is 1.11 bits per heavy atom. The fourth-order valence-electron chi connectivity index (χ4n) is 2.36. The van der Waals surface area contributed by atoms with E-state index < -0.39 is 6.10 Å². The van der Waals surface area contributed by atoms with Gasteiger partial charge in [0.15, 0.2) is 0 Å². The van der Waals surface area contributed by atoms with Gasteiger partial charge in [-0.05, 0) is 33.3 Å². The summed E-state index contributed by atoms with van der Waals surface area (Å²) >= 11 is 1.59. The van der Waals surface area contributed by atoms with Crippen molar-refractivity contribution in [3.8, 4) is 0 Å². The van der Waals surface area contributed by atoms with Gasteiger partial charge >= 0.3 is 0 Å². The summed E-state index contributed by atoms with van der Waals surface area (Å²) in [7, 11) is 0. The van der Waals surface area contributed by atoms with Crippen molar-refractivity contribution in [1.29, 1.82) is 0 Å². The molecule has 1 N–H and O–H groups in total. The van der Waals surface area contributed by atoms with Crippen LogP contribution in [-0.4, -0.2) is 10.1 Å². The monoisotopic (exact) mass is 261 g/mol. The molecule has 2 aromatic rings. The lowest BCUT2D eigenvalue weighted by Gasteiger charge is -2.11. The molecule has 0 radical (unpaired) electrons. The van der Waals surface area contributed by atoms with Crippen LogP contribution in [0.1, 0.15) is 38.4 Å². The molecule has 18 heavy (non-hydrogen) atoms. The third kappa shape index (κ3) is 2.98. The van der Waals surface area contributed by atoms with E-state index in [9.17, 15) is 5.11 Å². The Morgan fingerprint density at radius 3 is 2.22 bits per heavy atom. The minimum Gasteiger partial charge on any atom is -0.387 e. The maximum absolute atomic E-state index is 10.3. The lowest BCUT2D eigenvalue weighted by Crippen LogP contribution is -2.02. The Labute approximate surface area is 112 Å². The minimum atomic E-state index is -0.447. The van der Waals surface area contributed by atoms with Crippen molar-refractivity contribution in [2.24, 2.45) is 0 Å². The predicted octanol–water partition coefficient (Wildman–Crippen LogP) is 3.65. The van der Waals surface area contributed by atoms with Crippen LogP contribution < -0.4 is 0 Å². The van der Waals surface area contributed by atoms with Gasteiger partial charge in [-0.25, -0.2) is 4.98 Å². The van der Waals surface area contributed by atoms with E-state index in [2.05, 4.69) is 37.0 Å². The third-order valence-corrected chi connectivity index (χ3v) is 4.13. The summed E-state index contributed by atoms with van der Waals surface area (Å²) < 4.78 is 0. The van der Waals surface area contributed by atoms with Crippen molar-refractivity contribution in [3.63, 3.8) is 0 Å². The Hall–Kier alpha value is -1.19. The predicted molar refractivity (Wildman–Crippen MR) is 76.2 cm³/mol. The van der Waals surface area contributed by atoms with E-state index in [0.717, 1.165) is 15.6 Å². The van der Waals surface area contributed by atoms with Crippen LogP contribution in [0.4, 0.5) is 0 Å². The number of hydrogen-bond acceptors (Lipinski definition) is 3. The maximum Gasteiger partial charge on any atom is 0.0941 e. The lowest BCUT2D eigenvalue weighted by atomic mass is 10.0. The smallest absolute Gasteiger partial charge is 0.0941 e. The molecule has 0 fully saturated rings. The zero-order chi connectivity index (χ0) is 13.3. The molecule has 1 aromatic heterocycles. The molecule has 2 rings (SSSR count). The molecule has 0 saturated heterocycles. The lowest BCUT2D eigenvalue weighted by molar-refractivity contribution is 0.181. The van der Waals surface area contributed by atoms with Crippen molar-refractivity contribution in [1.82, 2.24) is 4.98 Å². The van der Waals surface area contributed by atoms with Gasteiger partial charge in [-0.2, -0.15) is 0 Å². The van der Waals surface area contributed by atoms with Crippen molar-refractivity contribution < 1.29 is 5.11 Å². The summed E-state index contributed by atoms with van der Waals surface area (Å²) in [6, 6.07) is 6.43. The molecular weight excluding hydrogens is 242 g/mol. The van der Waals surface area contributed by atoms with Crippen molar-refractivity contribution >= 4 is 11.3 Å². The number of aliphatic hydroxyl groups is 1. The van der Waals surface area contributed by atoms with Crippen LogP contribution in [0.2, 0.25) is 0 Å². The Kier molecular flexibility index (Phi) is 3.83. The first-order valence-corrected chi connectivity index (χ1v) is 6.96. The van der Waals surface area contributed by atoms with Gasteiger partial charge in [0.2, 0.25) is 0 Å². The first-order chi connectivity index (χ1) is 8.45. The molecular formula is C15H19NOS. The number of aromatic nitrogens is 1. The third-order valence-electron chi connectivity index (χ3n) is 2.95. The van der Waals surface area contributed by atoms with Crippen LogP contribution in [0, 0.1) is 27.7 Å². The zero-order valence-corrected chi connectivity index (χ0v) is 12.1. The second-order valence-corrected chi connectivity index (χ2v) is 6.13. The van der Waals surface area contributed by atoms with E-state index in [0.29, 0.717) is 6.42 Å². The molecule has 0 saturated carbocycles. The summed E-state index contributed by atoms with van der Waals surface area (Å²) in [4.78, 5) is 5.36. The molecule has 1 heterocycles. The van der Waals surface area contributed by atoms with E-state index in [1.807, 2.05) is 13.8 Å². The Bertz CT molecular complexity index is 539. The van der Waals surface area contributed by atoms with Gasteiger partial charge in [0.25, 0.3) is 0 Å². The van der Waals surface area contributed by atoms with E-state index >= 15 is 0 Å². The molecule has 0 bridgehead atoms. The molecule has 0 aliphatic heterocycles.